The van der Waals surface area contributed by atoms with Gasteiger partial charge in [-0.1, -0.05) is 15.2 Å². The van der Waals surface area contributed by atoms with Crippen molar-refractivity contribution in [3.8, 4) is 0 Å². The van der Waals surface area contributed by atoms with Crippen LogP contribution in [0.5, 0.6) is 0 Å². The van der Waals surface area contributed by atoms with Crippen molar-refractivity contribution in [2.45, 2.75) is 25.7 Å². The van der Waals surface area contributed by atoms with Gasteiger partial charge in [-0.05, 0) is 26.5 Å². The summed E-state index contributed by atoms with van der Waals surface area (Å²) in [7, 11) is 1.07. The van der Waals surface area contributed by atoms with E-state index in [-0.39, 0.29) is 31.6 Å². The Morgan fingerprint density at radius 3 is 3.05 bits per heavy atom. The van der Waals surface area contributed by atoms with Crippen LogP contribution in [0.25, 0.3) is 0 Å². The summed E-state index contributed by atoms with van der Waals surface area (Å²) in [5.41, 5.74) is 4.61. The highest BCUT2D eigenvalue weighted by molar-refractivity contribution is 8.40. The van der Waals surface area contributed by atoms with Crippen molar-refractivity contribution in [2.75, 3.05) is 11.9 Å². The van der Waals surface area contributed by atoms with E-state index >= 15 is 0 Å². The quantitative estimate of drug-likeness (QED) is 0.584. The van der Waals surface area contributed by atoms with Gasteiger partial charge in [0, 0.05) is 6.20 Å². The molecule has 3 unspecified atom stereocenters. The Balaban J connectivity index is 2.19. The minimum atomic E-state index is -1.24. The zero-order chi connectivity index (χ0) is 16.3. The molecule has 2 rings (SSSR count). The average molecular weight is 363 g/mol. The van der Waals surface area contributed by atoms with Gasteiger partial charge in [0.05, 0.1) is 6.10 Å². The number of ether oxygens (including phenoxy) is 1. The number of aromatic nitrogens is 2. The lowest BCUT2D eigenvalue weighted by Crippen LogP contribution is -2.29. The maximum absolute atomic E-state index is 11.9. The van der Waals surface area contributed by atoms with Crippen LogP contribution in [0.3, 0.4) is 0 Å². The molecule has 1 aliphatic rings. The lowest BCUT2D eigenvalue weighted by molar-refractivity contribution is 0.00514. The summed E-state index contributed by atoms with van der Waals surface area (Å²) in [5.74, 6) is -1.31. The van der Waals surface area contributed by atoms with E-state index in [9.17, 15) is 14.2 Å². The first-order valence-electron chi connectivity index (χ1n) is 6.51. The largest absolute Gasteiger partial charge is 0.478 e. The van der Waals surface area contributed by atoms with Crippen LogP contribution in [-0.4, -0.2) is 32.9 Å². The van der Waals surface area contributed by atoms with Gasteiger partial charge in [-0.25, -0.2) is 9.59 Å². The SMILES string of the molecule is CC1C[C@H](n2cc(C(=O)O)c(N)nc2=O)O[C@@H]1CPPP=O. The highest BCUT2D eigenvalue weighted by atomic mass is 32.4. The molecule has 0 bridgehead atoms. The van der Waals surface area contributed by atoms with E-state index in [1.54, 1.807) is 0 Å². The predicted octanol–water partition coefficient (Wildman–Crippen LogP) is 1.93. The Morgan fingerprint density at radius 2 is 2.41 bits per heavy atom. The molecule has 5 atom stereocenters. The van der Waals surface area contributed by atoms with Gasteiger partial charge >= 0.3 is 11.7 Å². The zero-order valence-electron chi connectivity index (χ0n) is 11.7. The van der Waals surface area contributed by atoms with Crippen LogP contribution in [0, 0.1) is 5.92 Å². The van der Waals surface area contributed by atoms with E-state index in [4.69, 9.17) is 15.6 Å². The summed E-state index contributed by atoms with van der Waals surface area (Å²) < 4.78 is 17.5. The first-order chi connectivity index (χ1) is 10.4. The van der Waals surface area contributed by atoms with Crippen molar-refractivity contribution in [3.05, 3.63) is 22.2 Å². The van der Waals surface area contributed by atoms with Crippen LogP contribution in [0.15, 0.2) is 11.0 Å². The normalized spacial score (nSPS) is 25.8. The molecule has 0 radical (unpaired) electrons. The lowest BCUT2D eigenvalue weighted by Gasteiger charge is -2.16. The maximum Gasteiger partial charge on any atom is 0.351 e. The number of nitrogen functional groups attached to an aromatic ring is 1. The number of carbonyl (C=O) groups is 1. The smallest absolute Gasteiger partial charge is 0.351 e. The monoisotopic (exact) mass is 363 g/mol. The summed E-state index contributed by atoms with van der Waals surface area (Å²) in [6.45, 7) is 2.01. The summed E-state index contributed by atoms with van der Waals surface area (Å²) in [6, 6.07) is 0. The number of carboxylic acid groups (broad SMARTS) is 1. The number of carboxylic acids is 1. The van der Waals surface area contributed by atoms with Crippen LogP contribution in [-0.2, 0) is 9.30 Å². The average Bonchev–Trinajstić information content (AvgIpc) is 2.80. The standard InChI is InChI=1S/C11H16N3O5P3/c1-5-2-8(19-7(5)4-20-22-21-18)14-3-6(10(15)16)9(12)13-11(14)17/h3,5,7-8,20,22H,2,4H2,1H3,(H,15,16)(H2,12,13,17)/t5?,7-,8-/m1/s1. The van der Waals surface area contributed by atoms with Crippen molar-refractivity contribution in [1.29, 1.82) is 0 Å². The summed E-state index contributed by atoms with van der Waals surface area (Å²) in [6.07, 6.45) is 1.99. The van der Waals surface area contributed by atoms with Crippen LogP contribution >= 0.6 is 24.4 Å². The molecule has 1 saturated heterocycles. The van der Waals surface area contributed by atoms with Gasteiger partial charge in [0.1, 0.15) is 17.6 Å². The fourth-order valence-corrected chi connectivity index (χ4v) is 5.65. The van der Waals surface area contributed by atoms with Crippen LogP contribution in [0.4, 0.5) is 5.82 Å². The molecule has 3 N–H and O–H groups in total. The topological polar surface area (TPSA) is 125 Å². The molecule has 1 fully saturated rings. The zero-order valence-corrected chi connectivity index (χ0v) is 14.6. The van der Waals surface area contributed by atoms with Crippen LogP contribution in [0.2, 0.25) is 0 Å². The Bertz CT molecular complexity index is 638. The molecule has 0 spiro atoms. The Labute approximate surface area is 131 Å². The summed E-state index contributed by atoms with van der Waals surface area (Å²) in [5, 5.41) is 9.07. The van der Waals surface area contributed by atoms with Crippen molar-refractivity contribution in [3.63, 3.8) is 0 Å². The van der Waals surface area contributed by atoms with E-state index in [1.807, 2.05) is 6.92 Å². The molecule has 0 amide bonds. The number of nitrogens with two attached hydrogens (primary N) is 1. The number of hydrogen-bond donors (Lipinski definition) is 2. The van der Waals surface area contributed by atoms with E-state index in [0.717, 1.165) is 6.16 Å². The number of hydrogen-bond acceptors (Lipinski definition) is 6. The fourth-order valence-electron chi connectivity index (χ4n) is 2.32. The molecule has 11 heteroatoms. The van der Waals surface area contributed by atoms with Crippen LogP contribution < -0.4 is 11.4 Å². The summed E-state index contributed by atoms with van der Waals surface area (Å²) >= 11 is 0. The van der Waals surface area contributed by atoms with Gasteiger partial charge in [-0.2, -0.15) is 4.98 Å². The van der Waals surface area contributed by atoms with Gasteiger partial charge in [0.25, 0.3) is 0 Å². The summed E-state index contributed by atoms with van der Waals surface area (Å²) in [4.78, 5) is 26.6. The Morgan fingerprint density at radius 1 is 1.68 bits per heavy atom. The van der Waals surface area contributed by atoms with Crippen LogP contribution in [0.1, 0.15) is 29.9 Å². The number of rotatable bonds is 6. The molecular formula is C11H16N3O5P3. The third-order valence-electron chi connectivity index (χ3n) is 3.49. The predicted molar refractivity (Wildman–Crippen MR) is 86.7 cm³/mol. The van der Waals surface area contributed by atoms with Gasteiger partial charge in [-0.15, -0.1) is 0 Å². The van der Waals surface area contributed by atoms with Crippen molar-refractivity contribution >= 4 is 36.2 Å². The highest BCUT2D eigenvalue weighted by Gasteiger charge is 2.34. The van der Waals surface area contributed by atoms with E-state index in [2.05, 4.69) is 4.98 Å². The van der Waals surface area contributed by atoms with E-state index in [1.165, 1.54) is 10.8 Å². The maximum atomic E-state index is 11.9. The first kappa shape index (κ1) is 17.4. The second-order valence-corrected chi connectivity index (χ2v) is 10.4. The minimum absolute atomic E-state index is 0.0321. The van der Waals surface area contributed by atoms with Gasteiger partial charge in [0.2, 0.25) is 0 Å². The molecule has 1 aliphatic heterocycles. The van der Waals surface area contributed by atoms with Gasteiger partial charge in [-0.3, -0.25) is 9.13 Å². The molecule has 22 heavy (non-hydrogen) atoms. The molecule has 0 aromatic carbocycles. The van der Waals surface area contributed by atoms with Gasteiger partial charge < -0.3 is 15.6 Å². The molecule has 2 heterocycles. The second-order valence-electron chi connectivity index (χ2n) is 4.96. The molecule has 0 saturated carbocycles. The molecule has 1 aromatic heterocycles. The molecule has 1 aromatic rings. The second kappa shape index (κ2) is 7.56. The first-order valence-corrected chi connectivity index (χ1v) is 11.4. The minimum Gasteiger partial charge on any atom is -0.478 e. The van der Waals surface area contributed by atoms with E-state index < -0.39 is 17.9 Å². The molecular weight excluding hydrogens is 347 g/mol. The third-order valence-corrected chi connectivity index (χ3v) is 7.95. The molecule has 120 valence electrons. The fraction of sp³-hybridized carbons (Fsp3) is 0.545. The van der Waals surface area contributed by atoms with Crippen molar-refractivity contribution in [1.82, 2.24) is 9.55 Å². The van der Waals surface area contributed by atoms with Gasteiger partial charge in [0.15, 0.2) is 8.15 Å². The molecule has 8 nitrogen and oxygen atoms in total. The van der Waals surface area contributed by atoms with Crippen molar-refractivity contribution < 1.29 is 19.2 Å². The highest BCUT2D eigenvalue weighted by Crippen LogP contribution is 2.49. The lowest BCUT2D eigenvalue weighted by atomic mass is 10.1. The Kier molecular flexibility index (Phi) is 5.99. The number of anilines is 1. The third kappa shape index (κ3) is 3.88. The number of nitrogens with zero attached hydrogens (tertiary/aromatic N) is 2. The van der Waals surface area contributed by atoms with Crippen molar-refractivity contribution in [2.24, 2.45) is 5.92 Å². The molecule has 0 aliphatic carbocycles. The number of aromatic carboxylic acids is 1. The van der Waals surface area contributed by atoms with E-state index in [0.29, 0.717) is 22.6 Å². The Hall–Kier alpha value is -0.930.